The van der Waals surface area contributed by atoms with Crippen LogP contribution in [-0.4, -0.2) is 10.6 Å². The van der Waals surface area contributed by atoms with Gasteiger partial charge in [-0.1, -0.05) is 48.5 Å². The molecule has 4 aromatic rings. The van der Waals surface area contributed by atoms with Crippen molar-refractivity contribution in [2.45, 2.75) is 0 Å². The third kappa shape index (κ3) is 1.30. The first kappa shape index (κ1) is 11.0. The van der Waals surface area contributed by atoms with E-state index in [1.165, 1.54) is 26.9 Å². The van der Waals surface area contributed by atoms with Crippen molar-refractivity contribution in [1.29, 1.82) is 0 Å². The first-order valence-electron chi connectivity index (χ1n) is 6.44. The topological polar surface area (TPSA) is 62.4 Å². The van der Waals surface area contributed by atoms with Gasteiger partial charge < -0.3 is 10.3 Å². The van der Waals surface area contributed by atoms with E-state index in [1.54, 1.807) is 0 Å². The fraction of sp³-hybridized carbons (Fsp3) is 0. The quantitative estimate of drug-likeness (QED) is 0.183. The summed E-state index contributed by atoms with van der Waals surface area (Å²) in [5.41, 5.74) is 15.5. The summed E-state index contributed by atoms with van der Waals surface area (Å²) in [5, 5.41) is 7.00. The molecule has 3 heteroatoms. The Balaban J connectivity index is 2.35. The lowest BCUT2D eigenvalue weighted by molar-refractivity contribution is -0.00554. The Morgan fingerprint density at radius 2 is 1.40 bits per heavy atom. The molecule has 0 atom stereocenters. The molecule has 4 aromatic carbocycles. The summed E-state index contributed by atoms with van der Waals surface area (Å²) in [5.74, 6) is 0.142. The third-order valence-corrected chi connectivity index (χ3v) is 3.91. The van der Waals surface area contributed by atoms with Crippen molar-refractivity contribution in [3.05, 3.63) is 65.7 Å². The van der Waals surface area contributed by atoms with E-state index in [0.717, 1.165) is 10.9 Å². The lowest BCUT2D eigenvalue weighted by Gasteiger charge is -2.11. The summed E-state index contributed by atoms with van der Waals surface area (Å²) < 4.78 is 0. The summed E-state index contributed by atoms with van der Waals surface area (Å²) >= 11 is 0. The first-order chi connectivity index (χ1) is 9.79. The Labute approximate surface area is 115 Å². The summed E-state index contributed by atoms with van der Waals surface area (Å²) in [6, 6.07) is 18.6. The number of benzene rings is 4. The van der Waals surface area contributed by atoms with Gasteiger partial charge in [0.25, 0.3) is 0 Å². The number of nitrogens with zero attached hydrogens (tertiary/aromatic N) is 2. The van der Waals surface area contributed by atoms with E-state index in [0.29, 0.717) is 0 Å². The van der Waals surface area contributed by atoms with Gasteiger partial charge in [0.1, 0.15) is 0 Å². The van der Waals surface area contributed by atoms with Crippen LogP contribution < -0.4 is 5.73 Å². The molecule has 4 rings (SSSR count). The van der Waals surface area contributed by atoms with Crippen molar-refractivity contribution in [2.24, 2.45) is 5.73 Å². The largest absolute Gasteiger partial charge is 0.497 e. The van der Waals surface area contributed by atoms with Gasteiger partial charge in [-0.25, -0.2) is 0 Å². The highest BCUT2D eigenvalue weighted by molar-refractivity contribution is 6.26. The SMILES string of the molecule is [N-]=[N+]=C(N)c1ccc2ccc3cccc4ccc1c2c34. The summed E-state index contributed by atoms with van der Waals surface area (Å²) in [4.78, 5) is 3.14. The third-order valence-electron chi connectivity index (χ3n) is 3.91. The fourth-order valence-corrected chi connectivity index (χ4v) is 3.01. The van der Waals surface area contributed by atoms with Gasteiger partial charge in [0, 0.05) is 0 Å². The van der Waals surface area contributed by atoms with Crippen LogP contribution >= 0.6 is 0 Å². The van der Waals surface area contributed by atoms with Gasteiger partial charge in [-0.2, -0.15) is 0 Å². The Hall–Kier alpha value is -2.90. The van der Waals surface area contributed by atoms with E-state index < -0.39 is 0 Å². The fourth-order valence-electron chi connectivity index (χ4n) is 3.01. The molecule has 20 heavy (non-hydrogen) atoms. The first-order valence-corrected chi connectivity index (χ1v) is 6.44. The van der Waals surface area contributed by atoms with Gasteiger partial charge in [0.2, 0.25) is 0 Å². The minimum absolute atomic E-state index is 0.142. The molecular formula is C17H11N3. The number of rotatable bonds is 1. The zero-order valence-electron chi connectivity index (χ0n) is 10.7. The maximum Gasteiger partial charge on any atom is 0.358 e. The van der Waals surface area contributed by atoms with Crippen molar-refractivity contribution in [1.82, 2.24) is 0 Å². The van der Waals surface area contributed by atoms with Crippen molar-refractivity contribution in [3.63, 3.8) is 0 Å². The average molecular weight is 257 g/mol. The molecule has 0 aliphatic rings. The van der Waals surface area contributed by atoms with Crippen LogP contribution in [0.3, 0.4) is 0 Å². The van der Waals surface area contributed by atoms with Crippen LogP contribution in [0, 0.1) is 0 Å². The van der Waals surface area contributed by atoms with E-state index >= 15 is 0 Å². The minimum atomic E-state index is 0.142. The summed E-state index contributed by atoms with van der Waals surface area (Å²) in [7, 11) is 0. The second kappa shape index (κ2) is 3.80. The molecule has 0 unspecified atom stereocenters. The molecule has 0 aliphatic heterocycles. The number of nitrogens with two attached hydrogens (primary N) is 1. The lowest BCUT2D eigenvalue weighted by Crippen LogP contribution is -2.14. The summed E-state index contributed by atoms with van der Waals surface area (Å²) in [6.07, 6.45) is 0. The number of hydrogen-bond donors (Lipinski definition) is 1. The maximum absolute atomic E-state index is 8.95. The Kier molecular flexibility index (Phi) is 2.08. The standard InChI is InChI=1S/C17H11N3/c18-17(20-19)14-9-7-12-5-4-10-2-1-3-11-6-8-13(14)16(12)15(10)11/h1-9H,18H2. The van der Waals surface area contributed by atoms with E-state index in [-0.39, 0.29) is 5.84 Å². The molecule has 2 N–H and O–H groups in total. The molecule has 0 spiro atoms. The molecule has 94 valence electrons. The van der Waals surface area contributed by atoms with Crippen molar-refractivity contribution in [3.8, 4) is 0 Å². The van der Waals surface area contributed by atoms with E-state index in [9.17, 15) is 0 Å². The monoisotopic (exact) mass is 257 g/mol. The highest BCUT2D eigenvalue weighted by Gasteiger charge is 2.14. The molecule has 0 saturated heterocycles. The predicted octanol–water partition coefficient (Wildman–Crippen LogP) is 3.52. The van der Waals surface area contributed by atoms with Crippen molar-refractivity contribution < 1.29 is 4.79 Å². The second-order valence-corrected chi connectivity index (χ2v) is 4.95. The average Bonchev–Trinajstić information content (AvgIpc) is 2.51. The lowest BCUT2D eigenvalue weighted by atomic mass is 9.92. The Bertz CT molecular complexity index is 995. The molecule has 0 aromatic heterocycles. The van der Waals surface area contributed by atoms with E-state index in [4.69, 9.17) is 11.3 Å². The molecule has 0 heterocycles. The zero-order chi connectivity index (χ0) is 13.7. The van der Waals surface area contributed by atoms with E-state index in [2.05, 4.69) is 41.2 Å². The summed E-state index contributed by atoms with van der Waals surface area (Å²) in [6.45, 7) is 0. The van der Waals surface area contributed by atoms with Crippen molar-refractivity contribution >= 4 is 38.2 Å². The molecule has 0 radical (unpaired) electrons. The van der Waals surface area contributed by atoms with Gasteiger partial charge in [-0.3, -0.25) is 5.73 Å². The number of amidine groups is 1. The van der Waals surface area contributed by atoms with Gasteiger partial charge >= 0.3 is 5.84 Å². The maximum atomic E-state index is 8.95. The highest BCUT2D eigenvalue weighted by Crippen LogP contribution is 2.35. The van der Waals surface area contributed by atoms with Crippen LogP contribution in [-0.2, 0) is 0 Å². The van der Waals surface area contributed by atoms with Gasteiger partial charge in [0.05, 0.1) is 5.56 Å². The normalized spacial score (nSPS) is 11.2. The Morgan fingerprint density at radius 3 is 2.10 bits per heavy atom. The van der Waals surface area contributed by atoms with Gasteiger partial charge in [-0.15, -0.1) is 0 Å². The molecule has 0 saturated carbocycles. The smallest absolute Gasteiger partial charge is 0.358 e. The van der Waals surface area contributed by atoms with Gasteiger partial charge in [0.15, 0.2) is 0 Å². The van der Waals surface area contributed by atoms with Crippen LogP contribution in [0.1, 0.15) is 5.56 Å². The van der Waals surface area contributed by atoms with Crippen molar-refractivity contribution in [2.75, 3.05) is 0 Å². The number of hydrogen-bond acceptors (Lipinski definition) is 0. The minimum Gasteiger partial charge on any atom is -0.497 e. The van der Waals surface area contributed by atoms with Crippen LogP contribution in [0.2, 0.25) is 0 Å². The Morgan fingerprint density at radius 1 is 0.800 bits per heavy atom. The van der Waals surface area contributed by atoms with Crippen LogP contribution in [0.4, 0.5) is 0 Å². The van der Waals surface area contributed by atoms with Gasteiger partial charge in [-0.05, 0) is 38.4 Å². The molecule has 0 aliphatic carbocycles. The van der Waals surface area contributed by atoms with E-state index in [1.807, 2.05) is 18.2 Å². The van der Waals surface area contributed by atoms with Crippen LogP contribution in [0.5, 0.6) is 0 Å². The molecule has 0 amide bonds. The molecule has 3 nitrogen and oxygen atoms in total. The highest BCUT2D eigenvalue weighted by atomic mass is 14.9. The predicted molar refractivity (Wildman–Crippen MR) is 82.1 cm³/mol. The second-order valence-electron chi connectivity index (χ2n) is 4.95. The molecule has 0 fully saturated rings. The van der Waals surface area contributed by atoms with Crippen LogP contribution in [0.15, 0.2) is 54.6 Å². The zero-order valence-corrected chi connectivity index (χ0v) is 10.7. The molecular weight excluding hydrogens is 246 g/mol. The van der Waals surface area contributed by atoms with Crippen LogP contribution in [0.25, 0.3) is 37.8 Å². The molecule has 0 bridgehead atoms.